The normalized spacial score (nSPS) is 14.4. The van der Waals surface area contributed by atoms with Crippen LogP contribution in [0.25, 0.3) is 0 Å². The molecule has 0 spiro atoms. The number of carbonyl (C=O) groups is 1. The molecule has 0 aromatic heterocycles. The molecule has 0 unspecified atom stereocenters. The number of fused-ring (bicyclic) bond motifs is 1. The van der Waals surface area contributed by atoms with Crippen molar-refractivity contribution in [2.45, 2.75) is 30.3 Å². The van der Waals surface area contributed by atoms with Crippen LogP contribution in [0.2, 0.25) is 5.02 Å². The second-order valence-corrected chi connectivity index (χ2v) is 10.1. The van der Waals surface area contributed by atoms with Crippen molar-refractivity contribution in [2.75, 3.05) is 13.7 Å². The number of hydrogen-bond donors (Lipinski definition) is 1. The number of methoxy groups -OCH3 is 1. The first-order valence-corrected chi connectivity index (χ1v) is 12.5. The van der Waals surface area contributed by atoms with Crippen molar-refractivity contribution in [3.63, 3.8) is 0 Å². The van der Waals surface area contributed by atoms with Crippen LogP contribution < -0.4 is 9.46 Å². The van der Waals surface area contributed by atoms with Crippen LogP contribution in [0.4, 0.5) is 0 Å². The SMILES string of the molecule is COc1ccc(S(=O)(=O)N[C@H](Cc2ccccc2)C(=O)N2CCc3ccccc3C2)cc1Cl. The minimum absolute atomic E-state index is 0.0249. The fourth-order valence-corrected chi connectivity index (χ4v) is 5.54. The number of sulfonamides is 1. The highest BCUT2D eigenvalue weighted by molar-refractivity contribution is 7.89. The lowest BCUT2D eigenvalue weighted by Crippen LogP contribution is -2.50. The van der Waals surface area contributed by atoms with E-state index >= 15 is 0 Å². The summed E-state index contributed by atoms with van der Waals surface area (Å²) in [6, 6.07) is 20.7. The molecular weight excluding hydrogens is 460 g/mol. The smallest absolute Gasteiger partial charge is 0.241 e. The van der Waals surface area contributed by atoms with Crippen LogP contribution in [-0.2, 0) is 34.2 Å². The number of halogens is 1. The Kier molecular flexibility index (Phi) is 7.02. The van der Waals surface area contributed by atoms with Gasteiger partial charge in [0.2, 0.25) is 15.9 Å². The Hall–Kier alpha value is -2.87. The average molecular weight is 485 g/mol. The van der Waals surface area contributed by atoms with Gasteiger partial charge in [-0.1, -0.05) is 66.2 Å². The molecule has 0 saturated heterocycles. The Morgan fingerprint density at radius 2 is 1.76 bits per heavy atom. The van der Waals surface area contributed by atoms with E-state index in [1.807, 2.05) is 48.5 Å². The molecule has 8 heteroatoms. The summed E-state index contributed by atoms with van der Waals surface area (Å²) in [5.74, 6) is 0.121. The number of ether oxygens (including phenoxy) is 1. The van der Waals surface area contributed by atoms with Gasteiger partial charge >= 0.3 is 0 Å². The fourth-order valence-electron chi connectivity index (χ4n) is 4.00. The van der Waals surface area contributed by atoms with E-state index in [-0.39, 0.29) is 22.2 Å². The van der Waals surface area contributed by atoms with Crippen molar-refractivity contribution < 1.29 is 17.9 Å². The molecule has 1 atom stereocenters. The number of benzene rings is 3. The molecule has 172 valence electrons. The summed E-state index contributed by atoms with van der Waals surface area (Å²) < 4.78 is 34.1. The van der Waals surface area contributed by atoms with Gasteiger partial charge in [0.05, 0.1) is 17.0 Å². The maximum absolute atomic E-state index is 13.5. The summed E-state index contributed by atoms with van der Waals surface area (Å²) in [6.45, 7) is 0.994. The molecule has 33 heavy (non-hydrogen) atoms. The summed E-state index contributed by atoms with van der Waals surface area (Å²) in [7, 11) is -2.55. The van der Waals surface area contributed by atoms with Gasteiger partial charge in [-0.2, -0.15) is 4.72 Å². The van der Waals surface area contributed by atoms with Crippen LogP contribution in [0.5, 0.6) is 5.75 Å². The topological polar surface area (TPSA) is 75.7 Å². The lowest BCUT2D eigenvalue weighted by atomic mass is 9.98. The number of nitrogens with zero attached hydrogens (tertiary/aromatic N) is 1. The summed E-state index contributed by atoms with van der Waals surface area (Å²) in [5.41, 5.74) is 3.17. The van der Waals surface area contributed by atoms with Crippen molar-refractivity contribution in [3.8, 4) is 5.75 Å². The Morgan fingerprint density at radius 1 is 1.06 bits per heavy atom. The second-order valence-electron chi connectivity index (χ2n) is 7.94. The number of carbonyl (C=O) groups excluding carboxylic acids is 1. The maximum Gasteiger partial charge on any atom is 0.241 e. The molecule has 0 radical (unpaired) electrons. The predicted molar refractivity (Wildman–Crippen MR) is 128 cm³/mol. The Balaban J connectivity index is 1.61. The van der Waals surface area contributed by atoms with Gasteiger partial charge in [-0.05, 0) is 47.7 Å². The van der Waals surface area contributed by atoms with E-state index in [2.05, 4.69) is 10.8 Å². The minimum atomic E-state index is -4.01. The van der Waals surface area contributed by atoms with E-state index in [4.69, 9.17) is 16.3 Å². The second kappa shape index (κ2) is 9.95. The van der Waals surface area contributed by atoms with Gasteiger partial charge in [0.15, 0.2) is 0 Å². The molecule has 6 nitrogen and oxygen atoms in total. The molecular formula is C25H25ClN2O4S. The molecule has 1 amide bonds. The molecule has 3 aromatic carbocycles. The molecule has 0 aliphatic carbocycles. The first-order valence-electron chi connectivity index (χ1n) is 10.6. The Labute approximate surface area is 199 Å². The van der Waals surface area contributed by atoms with Crippen molar-refractivity contribution >= 4 is 27.5 Å². The van der Waals surface area contributed by atoms with Crippen LogP contribution in [0.3, 0.4) is 0 Å². The van der Waals surface area contributed by atoms with Crippen LogP contribution in [-0.4, -0.2) is 38.9 Å². The predicted octanol–water partition coefficient (Wildman–Crippen LogP) is 3.82. The quantitative estimate of drug-likeness (QED) is 0.553. The number of hydrogen-bond acceptors (Lipinski definition) is 4. The zero-order chi connectivity index (χ0) is 23.4. The van der Waals surface area contributed by atoms with Gasteiger partial charge < -0.3 is 9.64 Å². The largest absolute Gasteiger partial charge is 0.495 e. The Morgan fingerprint density at radius 3 is 2.45 bits per heavy atom. The lowest BCUT2D eigenvalue weighted by Gasteiger charge is -2.32. The molecule has 3 aromatic rings. The molecule has 1 N–H and O–H groups in total. The molecule has 0 bridgehead atoms. The summed E-state index contributed by atoms with van der Waals surface area (Å²) in [6.07, 6.45) is 0.974. The molecule has 0 saturated carbocycles. The zero-order valence-corrected chi connectivity index (χ0v) is 19.8. The van der Waals surface area contributed by atoms with Crippen molar-refractivity contribution in [2.24, 2.45) is 0 Å². The van der Waals surface area contributed by atoms with Gasteiger partial charge in [0, 0.05) is 13.1 Å². The molecule has 1 aliphatic rings. The highest BCUT2D eigenvalue weighted by Crippen LogP contribution is 2.27. The summed E-state index contributed by atoms with van der Waals surface area (Å²) in [5, 5.41) is 0.180. The van der Waals surface area contributed by atoms with Gasteiger partial charge in [-0.3, -0.25) is 4.79 Å². The number of nitrogens with one attached hydrogen (secondary N) is 1. The highest BCUT2D eigenvalue weighted by Gasteiger charge is 2.31. The molecule has 0 fully saturated rings. The zero-order valence-electron chi connectivity index (χ0n) is 18.2. The van der Waals surface area contributed by atoms with E-state index in [1.165, 1.54) is 30.9 Å². The molecule has 1 heterocycles. The van der Waals surface area contributed by atoms with Crippen LogP contribution in [0.15, 0.2) is 77.7 Å². The van der Waals surface area contributed by atoms with Crippen LogP contribution >= 0.6 is 11.6 Å². The van der Waals surface area contributed by atoms with Crippen LogP contribution in [0.1, 0.15) is 16.7 Å². The highest BCUT2D eigenvalue weighted by atomic mass is 35.5. The Bertz CT molecular complexity index is 1250. The van der Waals surface area contributed by atoms with E-state index in [1.54, 1.807) is 4.90 Å². The van der Waals surface area contributed by atoms with E-state index in [0.29, 0.717) is 18.8 Å². The third kappa shape index (κ3) is 5.38. The number of amides is 1. The lowest BCUT2D eigenvalue weighted by molar-refractivity contribution is -0.133. The third-order valence-electron chi connectivity index (χ3n) is 5.75. The van der Waals surface area contributed by atoms with E-state index in [9.17, 15) is 13.2 Å². The van der Waals surface area contributed by atoms with Crippen LogP contribution in [0, 0.1) is 0 Å². The van der Waals surface area contributed by atoms with E-state index in [0.717, 1.165) is 17.5 Å². The summed E-state index contributed by atoms with van der Waals surface area (Å²) in [4.78, 5) is 15.2. The van der Waals surface area contributed by atoms with Gasteiger partial charge in [-0.15, -0.1) is 0 Å². The van der Waals surface area contributed by atoms with E-state index < -0.39 is 16.1 Å². The first-order chi connectivity index (χ1) is 15.9. The first kappa shape index (κ1) is 23.3. The van der Waals surface area contributed by atoms with Crippen molar-refractivity contribution in [3.05, 3.63) is 94.5 Å². The maximum atomic E-state index is 13.5. The third-order valence-corrected chi connectivity index (χ3v) is 7.52. The van der Waals surface area contributed by atoms with Gasteiger partial charge in [0.25, 0.3) is 0 Å². The standard InChI is InChI=1S/C25H25ClN2O4S/c1-32-24-12-11-21(16-22(24)26)33(30,31)27-23(15-18-7-3-2-4-8-18)25(29)28-14-13-19-9-5-6-10-20(19)17-28/h2-12,16,23,27H,13-15,17H2,1H3/t23-/m1/s1. The fraction of sp³-hybridized carbons (Fsp3) is 0.240. The van der Waals surface area contributed by atoms with Gasteiger partial charge in [0.1, 0.15) is 11.8 Å². The molecule has 1 aliphatic heterocycles. The number of rotatable bonds is 7. The van der Waals surface area contributed by atoms with Crippen molar-refractivity contribution in [1.29, 1.82) is 0 Å². The monoisotopic (exact) mass is 484 g/mol. The molecule has 4 rings (SSSR count). The summed E-state index contributed by atoms with van der Waals surface area (Å²) >= 11 is 6.14. The average Bonchev–Trinajstić information content (AvgIpc) is 2.83. The van der Waals surface area contributed by atoms with Gasteiger partial charge in [-0.25, -0.2) is 8.42 Å². The minimum Gasteiger partial charge on any atom is -0.495 e. The van der Waals surface area contributed by atoms with Crippen molar-refractivity contribution in [1.82, 2.24) is 9.62 Å².